The maximum Gasteiger partial charge on any atom is 0.0791 e. The van der Waals surface area contributed by atoms with Crippen molar-refractivity contribution in [1.29, 1.82) is 0 Å². The Labute approximate surface area is 97.4 Å². The van der Waals surface area contributed by atoms with E-state index in [1.165, 1.54) is 0 Å². The van der Waals surface area contributed by atoms with E-state index in [1.54, 1.807) is 0 Å². The van der Waals surface area contributed by atoms with Gasteiger partial charge in [0.25, 0.3) is 0 Å². The van der Waals surface area contributed by atoms with Crippen molar-refractivity contribution in [2.45, 2.75) is 6.10 Å². The molecule has 0 aromatic heterocycles. The molecule has 2 rings (SSSR count). The van der Waals surface area contributed by atoms with E-state index in [0.29, 0.717) is 0 Å². The molecule has 2 fully saturated rings. The van der Waals surface area contributed by atoms with Gasteiger partial charge in [-0.1, -0.05) is 0 Å². The first kappa shape index (κ1) is 12.3. The standard InChI is InChI=1S/C11H23N3O2/c15-11-9-12-1-2-14(10-11)4-3-13-5-7-16-8-6-13/h11-12,15H,1-10H2. The van der Waals surface area contributed by atoms with Gasteiger partial charge in [0.15, 0.2) is 0 Å². The predicted octanol–water partition coefficient (Wildman–Crippen LogP) is -1.42. The van der Waals surface area contributed by atoms with Gasteiger partial charge in [0.05, 0.1) is 19.3 Å². The van der Waals surface area contributed by atoms with Crippen LogP contribution >= 0.6 is 0 Å². The fourth-order valence-electron chi connectivity index (χ4n) is 2.27. The van der Waals surface area contributed by atoms with Crippen LogP contribution in [0, 0.1) is 0 Å². The van der Waals surface area contributed by atoms with Crippen molar-refractivity contribution in [3.8, 4) is 0 Å². The lowest BCUT2D eigenvalue weighted by atomic mass is 10.3. The van der Waals surface area contributed by atoms with Gasteiger partial charge in [-0.25, -0.2) is 0 Å². The van der Waals surface area contributed by atoms with Gasteiger partial charge in [0.1, 0.15) is 0 Å². The van der Waals surface area contributed by atoms with Gasteiger partial charge in [0.2, 0.25) is 0 Å². The van der Waals surface area contributed by atoms with E-state index in [9.17, 15) is 5.11 Å². The average Bonchev–Trinajstić information content (AvgIpc) is 2.52. The highest BCUT2D eigenvalue weighted by atomic mass is 16.5. The summed E-state index contributed by atoms with van der Waals surface area (Å²) in [7, 11) is 0. The molecular weight excluding hydrogens is 206 g/mol. The van der Waals surface area contributed by atoms with Gasteiger partial charge >= 0.3 is 0 Å². The van der Waals surface area contributed by atoms with E-state index in [0.717, 1.165) is 65.6 Å². The molecule has 0 aromatic carbocycles. The normalized spacial score (nSPS) is 30.2. The van der Waals surface area contributed by atoms with Gasteiger partial charge in [-0.15, -0.1) is 0 Å². The summed E-state index contributed by atoms with van der Waals surface area (Å²) in [6.45, 7) is 9.54. The van der Waals surface area contributed by atoms with E-state index in [2.05, 4.69) is 15.1 Å². The zero-order valence-corrected chi connectivity index (χ0v) is 9.90. The molecule has 94 valence electrons. The van der Waals surface area contributed by atoms with Crippen LogP contribution in [0.2, 0.25) is 0 Å². The van der Waals surface area contributed by atoms with Crippen molar-refractivity contribution in [2.24, 2.45) is 0 Å². The average molecular weight is 229 g/mol. The first-order valence-corrected chi connectivity index (χ1v) is 6.26. The highest BCUT2D eigenvalue weighted by Crippen LogP contribution is 2.00. The summed E-state index contributed by atoms with van der Waals surface area (Å²) < 4.78 is 5.32. The molecule has 0 spiro atoms. The zero-order valence-electron chi connectivity index (χ0n) is 9.90. The van der Waals surface area contributed by atoms with E-state index in [1.807, 2.05) is 0 Å². The van der Waals surface area contributed by atoms with Gasteiger partial charge in [-0.2, -0.15) is 0 Å². The fourth-order valence-corrected chi connectivity index (χ4v) is 2.27. The Balaban J connectivity index is 1.67. The lowest BCUT2D eigenvalue weighted by Gasteiger charge is -2.29. The summed E-state index contributed by atoms with van der Waals surface area (Å²) in [5.74, 6) is 0. The first-order chi connectivity index (χ1) is 7.84. The Kier molecular flexibility index (Phi) is 4.99. The molecule has 0 amide bonds. The van der Waals surface area contributed by atoms with Gasteiger partial charge in [-0.3, -0.25) is 9.80 Å². The minimum atomic E-state index is -0.216. The highest BCUT2D eigenvalue weighted by Gasteiger charge is 2.17. The van der Waals surface area contributed by atoms with Crippen molar-refractivity contribution < 1.29 is 9.84 Å². The smallest absolute Gasteiger partial charge is 0.0791 e. The minimum Gasteiger partial charge on any atom is -0.390 e. The van der Waals surface area contributed by atoms with Crippen molar-refractivity contribution in [2.75, 3.05) is 65.6 Å². The maximum atomic E-state index is 9.66. The van der Waals surface area contributed by atoms with Gasteiger partial charge in [0, 0.05) is 52.4 Å². The number of nitrogens with zero attached hydrogens (tertiary/aromatic N) is 2. The van der Waals surface area contributed by atoms with Crippen LogP contribution in [-0.2, 0) is 4.74 Å². The molecule has 0 saturated carbocycles. The van der Waals surface area contributed by atoms with Crippen LogP contribution < -0.4 is 5.32 Å². The largest absolute Gasteiger partial charge is 0.390 e. The van der Waals surface area contributed by atoms with Crippen LogP contribution in [0.5, 0.6) is 0 Å². The molecule has 5 heteroatoms. The summed E-state index contributed by atoms with van der Waals surface area (Å²) in [6.07, 6.45) is -0.216. The Morgan fingerprint density at radius 2 is 1.88 bits per heavy atom. The first-order valence-electron chi connectivity index (χ1n) is 6.26. The molecule has 1 unspecified atom stereocenters. The highest BCUT2D eigenvalue weighted by molar-refractivity contribution is 4.74. The lowest BCUT2D eigenvalue weighted by molar-refractivity contribution is 0.0314. The zero-order chi connectivity index (χ0) is 11.2. The Bertz CT molecular complexity index is 198. The van der Waals surface area contributed by atoms with E-state index in [-0.39, 0.29) is 6.10 Å². The van der Waals surface area contributed by atoms with Crippen LogP contribution in [0.25, 0.3) is 0 Å². The molecule has 5 nitrogen and oxygen atoms in total. The summed E-state index contributed by atoms with van der Waals surface area (Å²) >= 11 is 0. The lowest BCUT2D eigenvalue weighted by Crippen LogP contribution is -2.43. The summed E-state index contributed by atoms with van der Waals surface area (Å²) in [4.78, 5) is 4.79. The molecule has 2 aliphatic heterocycles. The van der Waals surface area contributed by atoms with Crippen LogP contribution in [-0.4, -0.2) is 86.6 Å². The third kappa shape index (κ3) is 3.99. The molecule has 2 heterocycles. The van der Waals surface area contributed by atoms with Crippen LogP contribution in [0.1, 0.15) is 0 Å². The van der Waals surface area contributed by atoms with E-state index in [4.69, 9.17) is 4.74 Å². The van der Waals surface area contributed by atoms with Crippen molar-refractivity contribution >= 4 is 0 Å². The second kappa shape index (κ2) is 6.51. The van der Waals surface area contributed by atoms with Gasteiger partial charge < -0.3 is 15.2 Å². The molecule has 0 radical (unpaired) electrons. The number of β-amino-alcohol motifs (C(OH)–C–C–N with tert-alkyl or cyclic N) is 1. The molecule has 0 bridgehead atoms. The number of aliphatic hydroxyl groups excluding tert-OH is 1. The molecule has 2 N–H and O–H groups in total. The predicted molar refractivity (Wildman–Crippen MR) is 62.6 cm³/mol. The summed E-state index contributed by atoms with van der Waals surface area (Å²) in [6, 6.07) is 0. The van der Waals surface area contributed by atoms with Crippen LogP contribution in [0.4, 0.5) is 0 Å². The number of hydrogen-bond donors (Lipinski definition) is 2. The van der Waals surface area contributed by atoms with Gasteiger partial charge in [-0.05, 0) is 0 Å². The monoisotopic (exact) mass is 229 g/mol. The number of ether oxygens (including phenoxy) is 1. The van der Waals surface area contributed by atoms with Crippen LogP contribution in [0.15, 0.2) is 0 Å². The number of morpholine rings is 1. The Hall–Kier alpha value is -0.200. The minimum absolute atomic E-state index is 0.216. The molecule has 16 heavy (non-hydrogen) atoms. The number of nitrogens with one attached hydrogen (secondary N) is 1. The number of hydrogen-bond acceptors (Lipinski definition) is 5. The summed E-state index contributed by atoms with van der Waals surface area (Å²) in [5, 5.41) is 12.9. The van der Waals surface area contributed by atoms with Crippen molar-refractivity contribution in [3.05, 3.63) is 0 Å². The number of aliphatic hydroxyl groups is 1. The van der Waals surface area contributed by atoms with Crippen molar-refractivity contribution in [3.63, 3.8) is 0 Å². The van der Waals surface area contributed by atoms with Crippen LogP contribution in [0.3, 0.4) is 0 Å². The second-order valence-corrected chi connectivity index (χ2v) is 4.61. The fraction of sp³-hybridized carbons (Fsp3) is 1.00. The third-order valence-electron chi connectivity index (χ3n) is 3.29. The van der Waals surface area contributed by atoms with Crippen molar-refractivity contribution in [1.82, 2.24) is 15.1 Å². The molecule has 0 aliphatic carbocycles. The molecule has 1 atom stereocenters. The Morgan fingerprint density at radius 1 is 1.12 bits per heavy atom. The molecular formula is C11H23N3O2. The molecule has 2 aliphatic rings. The Morgan fingerprint density at radius 3 is 2.69 bits per heavy atom. The third-order valence-corrected chi connectivity index (χ3v) is 3.29. The quantitative estimate of drug-likeness (QED) is 0.622. The second-order valence-electron chi connectivity index (χ2n) is 4.61. The summed E-state index contributed by atoms with van der Waals surface area (Å²) in [5.41, 5.74) is 0. The topological polar surface area (TPSA) is 48.0 Å². The maximum absolute atomic E-state index is 9.66. The molecule has 0 aromatic rings. The van der Waals surface area contributed by atoms with E-state index < -0.39 is 0 Å². The number of rotatable bonds is 3. The molecule has 2 saturated heterocycles. The SMILES string of the molecule is OC1CNCCN(CCN2CCOCC2)C1. The van der Waals surface area contributed by atoms with E-state index >= 15 is 0 Å².